The standard InChI is InChI=1S/C13H16ClN3O/c1-15-13(12-7-17(2)9-16-12)8-18-11-5-3-4-10(14)6-11/h3-7,9,13,15H,8H2,1-2H3. The van der Waals surface area contributed by atoms with Gasteiger partial charge in [0, 0.05) is 18.3 Å². The molecule has 0 spiro atoms. The van der Waals surface area contributed by atoms with Gasteiger partial charge in [0.15, 0.2) is 0 Å². The fraction of sp³-hybridized carbons (Fsp3) is 0.308. The maximum Gasteiger partial charge on any atom is 0.120 e. The van der Waals surface area contributed by atoms with Gasteiger partial charge < -0.3 is 14.6 Å². The Kier molecular flexibility index (Phi) is 4.23. The molecule has 0 saturated carbocycles. The molecule has 0 saturated heterocycles. The van der Waals surface area contributed by atoms with E-state index in [2.05, 4.69) is 10.3 Å². The van der Waals surface area contributed by atoms with Crippen LogP contribution in [0.15, 0.2) is 36.8 Å². The first-order valence-electron chi connectivity index (χ1n) is 5.72. The van der Waals surface area contributed by atoms with Crippen LogP contribution in [0.4, 0.5) is 0 Å². The first-order chi connectivity index (χ1) is 8.69. The van der Waals surface area contributed by atoms with Crippen LogP contribution in [0.3, 0.4) is 0 Å². The molecule has 4 nitrogen and oxygen atoms in total. The van der Waals surface area contributed by atoms with Gasteiger partial charge in [-0.15, -0.1) is 0 Å². The molecule has 0 radical (unpaired) electrons. The molecule has 0 amide bonds. The van der Waals surface area contributed by atoms with Crippen LogP contribution in [0.2, 0.25) is 5.02 Å². The fourth-order valence-electron chi connectivity index (χ4n) is 1.67. The molecule has 0 aliphatic carbocycles. The second-order valence-electron chi connectivity index (χ2n) is 4.07. The van der Waals surface area contributed by atoms with Crippen LogP contribution in [-0.4, -0.2) is 23.2 Å². The number of nitrogens with one attached hydrogen (secondary N) is 1. The lowest BCUT2D eigenvalue weighted by atomic mass is 10.2. The smallest absolute Gasteiger partial charge is 0.120 e. The molecule has 2 aromatic rings. The van der Waals surface area contributed by atoms with Crippen molar-refractivity contribution in [1.82, 2.24) is 14.9 Å². The lowest BCUT2D eigenvalue weighted by Crippen LogP contribution is -2.23. The summed E-state index contributed by atoms with van der Waals surface area (Å²) in [6.45, 7) is 0.508. The molecule has 0 bridgehead atoms. The molecule has 5 heteroatoms. The Bertz CT molecular complexity index is 512. The summed E-state index contributed by atoms with van der Waals surface area (Å²) in [6, 6.07) is 7.43. The topological polar surface area (TPSA) is 39.1 Å². The van der Waals surface area contributed by atoms with Crippen LogP contribution in [-0.2, 0) is 7.05 Å². The molecular weight excluding hydrogens is 250 g/mol. The van der Waals surface area contributed by atoms with E-state index in [1.54, 1.807) is 12.4 Å². The van der Waals surface area contributed by atoms with E-state index in [0.29, 0.717) is 11.6 Å². The van der Waals surface area contributed by atoms with E-state index in [1.807, 2.05) is 43.1 Å². The van der Waals surface area contributed by atoms with Crippen molar-refractivity contribution in [2.24, 2.45) is 7.05 Å². The van der Waals surface area contributed by atoms with Gasteiger partial charge in [-0.2, -0.15) is 0 Å². The third-order valence-corrected chi connectivity index (χ3v) is 2.88. The van der Waals surface area contributed by atoms with E-state index in [0.717, 1.165) is 11.4 Å². The minimum absolute atomic E-state index is 0.0604. The van der Waals surface area contributed by atoms with E-state index in [1.165, 1.54) is 0 Å². The normalized spacial score (nSPS) is 12.4. The first-order valence-corrected chi connectivity index (χ1v) is 6.10. The molecule has 18 heavy (non-hydrogen) atoms. The third-order valence-electron chi connectivity index (χ3n) is 2.64. The number of hydrogen-bond donors (Lipinski definition) is 1. The van der Waals surface area contributed by atoms with Crippen molar-refractivity contribution < 1.29 is 4.74 Å². The van der Waals surface area contributed by atoms with Gasteiger partial charge in [-0.05, 0) is 25.2 Å². The van der Waals surface area contributed by atoms with Crippen molar-refractivity contribution in [3.05, 3.63) is 47.5 Å². The highest BCUT2D eigenvalue weighted by molar-refractivity contribution is 6.30. The average Bonchev–Trinajstić information content (AvgIpc) is 2.77. The van der Waals surface area contributed by atoms with Crippen molar-refractivity contribution in [2.45, 2.75) is 6.04 Å². The van der Waals surface area contributed by atoms with Gasteiger partial charge in [-0.25, -0.2) is 4.98 Å². The summed E-state index contributed by atoms with van der Waals surface area (Å²) in [6.07, 6.45) is 3.75. The number of likely N-dealkylation sites (N-methyl/N-ethyl adjacent to an activating group) is 1. The minimum atomic E-state index is 0.0604. The predicted molar refractivity (Wildman–Crippen MR) is 72.0 cm³/mol. The zero-order chi connectivity index (χ0) is 13.0. The highest BCUT2D eigenvalue weighted by Crippen LogP contribution is 2.19. The van der Waals surface area contributed by atoms with Gasteiger partial charge >= 0.3 is 0 Å². The summed E-state index contributed by atoms with van der Waals surface area (Å²) in [5.41, 5.74) is 0.960. The highest BCUT2D eigenvalue weighted by atomic mass is 35.5. The second-order valence-corrected chi connectivity index (χ2v) is 4.51. The molecule has 1 unspecified atom stereocenters. The van der Waals surface area contributed by atoms with E-state index >= 15 is 0 Å². The van der Waals surface area contributed by atoms with E-state index in [9.17, 15) is 0 Å². The van der Waals surface area contributed by atoms with Crippen molar-refractivity contribution in [1.29, 1.82) is 0 Å². The Morgan fingerprint density at radius 3 is 2.94 bits per heavy atom. The van der Waals surface area contributed by atoms with E-state index in [-0.39, 0.29) is 6.04 Å². The summed E-state index contributed by atoms with van der Waals surface area (Å²) < 4.78 is 7.62. The van der Waals surface area contributed by atoms with Crippen molar-refractivity contribution in [3.63, 3.8) is 0 Å². The first kappa shape index (κ1) is 12.9. The number of imidazole rings is 1. The second kappa shape index (κ2) is 5.89. The van der Waals surface area contributed by atoms with Gasteiger partial charge in [-0.3, -0.25) is 0 Å². The molecule has 1 aromatic carbocycles. The summed E-state index contributed by atoms with van der Waals surface area (Å²) in [4.78, 5) is 4.31. The Hall–Kier alpha value is -1.52. The SMILES string of the molecule is CNC(COc1cccc(Cl)c1)c1cn(C)cn1. The summed E-state index contributed by atoms with van der Waals surface area (Å²) in [5.74, 6) is 0.763. The zero-order valence-electron chi connectivity index (χ0n) is 10.4. The molecule has 0 aliphatic rings. The Morgan fingerprint density at radius 1 is 1.50 bits per heavy atom. The number of benzene rings is 1. The monoisotopic (exact) mass is 265 g/mol. The van der Waals surface area contributed by atoms with Gasteiger partial charge in [0.05, 0.1) is 18.1 Å². The van der Waals surface area contributed by atoms with Crippen LogP contribution < -0.4 is 10.1 Å². The van der Waals surface area contributed by atoms with E-state index in [4.69, 9.17) is 16.3 Å². The third kappa shape index (κ3) is 3.24. The minimum Gasteiger partial charge on any atom is -0.491 e. The lowest BCUT2D eigenvalue weighted by molar-refractivity contribution is 0.271. The van der Waals surface area contributed by atoms with Gasteiger partial charge in [0.2, 0.25) is 0 Å². The van der Waals surface area contributed by atoms with Crippen LogP contribution in [0.25, 0.3) is 0 Å². The summed E-state index contributed by atoms with van der Waals surface area (Å²) >= 11 is 5.90. The molecular formula is C13H16ClN3O. The molecule has 1 aromatic heterocycles. The summed E-state index contributed by atoms with van der Waals surface area (Å²) in [5, 5.41) is 3.86. The number of aromatic nitrogens is 2. The molecule has 0 fully saturated rings. The molecule has 1 atom stereocenters. The van der Waals surface area contributed by atoms with Gasteiger partial charge in [0.25, 0.3) is 0 Å². The number of rotatable bonds is 5. The number of hydrogen-bond acceptors (Lipinski definition) is 3. The molecule has 1 N–H and O–H groups in total. The van der Waals surface area contributed by atoms with Crippen molar-refractivity contribution in [3.8, 4) is 5.75 Å². The molecule has 0 aliphatic heterocycles. The van der Waals surface area contributed by atoms with Gasteiger partial charge in [-0.1, -0.05) is 17.7 Å². The van der Waals surface area contributed by atoms with Crippen LogP contribution >= 0.6 is 11.6 Å². The van der Waals surface area contributed by atoms with Crippen molar-refractivity contribution in [2.75, 3.05) is 13.7 Å². The number of aryl methyl sites for hydroxylation is 1. The van der Waals surface area contributed by atoms with E-state index < -0.39 is 0 Å². The Balaban J connectivity index is 1.99. The lowest BCUT2D eigenvalue weighted by Gasteiger charge is -2.15. The number of halogens is 1. The Morgan fingerprint density at radius 2 is 2.33 bits per heavy atom. The molecule has 96 valence electrons. The predicted octanol–water partition coefficient (Wildman–Crippen LogP) is 2.41. The van der Waals surface area contributed by atoms with Crippen LogP contribution in [0.1, 0.15) is 11.7 Å². The average molecular weight is 266 g/mol. The quantitative estimate of drug-likeness (QED) is 0.902. The molecule has 2 rings (SSSR count). The fourth-order valence-corrected chi connectivity index (χ4v) is 1.85. The van der Waals surface area contributed by atoms with Crippen LogP contribution in [0, 0.1) is 0 Å². The Labute approximate surface area is 112 Å². The van der Waals surface area contributed by atoms with Gasteiger partial charge in [0.1, 0.15) is 12.4 Å². The van der Waals surface area contributed by atoms with Crippen LogP contribution in [0.5, 0.6) is 5.75 Å². The molecule has 1 heterocycles. The highest BCUT2D eigenvalue weighted by Gasteiger charge is 2.12. The number of ether oxygens (including phenoxy) is 1. The summed E-state index contributed by atoms with van der Waals surface area (Å²) in [7, 11) is 3.84. The number of nitrogens with zero attached hydrogens (tertiary/aromatic N) is 2. The largest absolute Gasteiger partial charge is 0.491 e. The zero-order valence-corrected chi connectivity index (χ0v) is 11.2. The maximum atomic E-state index is 5.90. The maximum absolute atomic E-state index is 5.90. The van der Waals surface area contributed by atoms with Crippen molar-refractivity contribution >= 4 is 11.6 Å².